The van der Waals surface area contributed by atoms with E-state index in [4.69, 9.17) is 0 Å². The van der Waals surface area contributed by atoms with E-state index in [1.54, 1.807) is 24.3 Å². The lowest BCUT2D eigenvalue weighted by Gasteiger charge is -2.25. The molecule has 0 aliphatic heterocycles. The Hall–Kier alpha value is -4.06. The molecule has 32 heavy (non-hydrogen) atoms. The topological polar surface area (TPSA) is 40.5 Å². The van der Waals surface area contributed by atoms with E-state index in [9.17, 15) is 23.1 Å². The second-order valence-corrected chi connectivity index (χ2v) is 7.16. The van der Waals surface area contributed by atoms with E-state index in [-0.39, 0.29) is 5.56 Å². The van der Waals surface area contributed by atoms with Crippen LogP contribution < -0.4 is 4.90 Å². The summed E-state index contributed by atoms with van der Waals surface area (Å²) in [5, 5.41) is 9.24. The van der Waals surface area contributed by atoms with Crippen LogP contribution in [0.4, 0.5) is 30.2 Å². The van der Waals surface area contributed by atoms with Gasteiger partial charge in [-0.05, 0) is 65.7 Å². The van der Waals surface area contributed by atoms with Crippen molar-refractivity contribution in [3.05, 3.63) is 114 Å². The van der Waals surface area contributed by atoms with Crippen LogP contribution in [-0.2, 0) is 6.18 Å². The maximum atomic E-state index is 13.3. The van der Waals surface area contributed by atoms with Crippen molar-refractivity contribution < 1.29 is 23.1 Å². The maximum Gasteiger partial charge on any atom is 0.416 e. The van der Waals surface area contributed by atoms with E-state index in [2.05, 4.69) is 0 Å². The third kappa shape index (κ3) is 4.49. The number of alkyl halides is 3. The van der Waals surface area contributed by atoms with Crippen molar-refractivity contribution in [3.8, 4) is 11.1 Å². The molecular weight excluding hydrogens is 415 g/mol. The number of benzene rings is 4. The molecule has 0 aliphatic carbocycles. The van der Waals surface area contributed by atoms with E-state index in [1.807, 2.05) is 65.6 Å². The van der Waals surface area contributed by atoms with Crippen LogP contribution >= 0.6 is 0 Å². The van der Waals surface area contributed by atoms with Crippen molar-refractivity contribution >= 4 is 23.0 Å². The Morgan fingerprint density at radius 1 is 0.656 bits per heavy atom. The maximum absolute atomic E-state index is 13.3. The second-order valence-electron chi connectivity index (χ2n) is 7.16. The molecule has 0 unspecified atom stereocenters. The summed E-state index contributed by atoms with van der Waals surface area (Å²) in [7, 11) is 0. The molecule has 0 saturated carbocycles. The summed E-state index contributed by atoms with van der Waals surface area (Å²) >= 11 is 0. The molecule has 0 aliphatic rings. The van der Waals surface area contributed by atoms with Crippen molar-refractivity contribution in [1.82, 2.24) is 0 Å². The number of hydrogen-bond donors (Lipinski definition) is 1. The number of carbonyl (C=O) groups is 1. The van der Waals surface area contributed by atoms with Gasteiger partial charge in [0.25, 0.3) is 0 Å². The first kappa shape index (κ1) is 21.2. The van der Waals surface area contributed by atoms with Gasteiger partial charge in [-0.1, -0.05) is 48.5 Å². The summed E-state index contributed by atoms with van der Waals surface area (Å²) < 4.78 is 39.8. The van der Waals surface area contributed by atoms with E-state index < -0.39 is 23.3 Å². The summed E-state index contributed by atoms with van der Waals surface area (Å²) in [6.07, 6.45) is -4.64. The lowest BCUT2D eigenvalue weighted by Crippen LogP contribution is -2.09. The molecule has 6 heteroatoms. The number of halogens is 3. The highest BCUT2D eigenvalue weighted by Crippen LogP contribution is 2.37. The summed E-state index contributed by atoms with van der Waals surface area (Å²) in [5.41, 5.74) is 1.95. The molecule has 0 bridgehead atoms. The van der Waals surface area contributed by atoms with Crippen LogP contribution in [0.2, 0.25) is 0 Å². The first-order valence-electron chi connectivity index (χ1n) is 9.79. The molecule has 0 heterocycles. The van der Waals surface area contributed by atoms with Gasteiger partial charge in [0, 0.05) is 17.1 Å². The highest BCUT2D eigenvalue weighted by atomic mass is 19.4. The summed E-state index contributed by atoms with van der Waals surface area (Å²) in [5.74, 6) is -1.41. The van der Waals surface area contributed by atoms with Crippen molar-refractivity contribution in [2.45, 2.75) is 6.18 Å². The number of para-hydroxylation sites is 2. The first-order valence-corrected chi connectivity index (χ1v) is 9.79. The molecule has 160 valence electrons. The Balaban J connectivity index is 1.77. The fourth-order valence-electron chi connectivity index (χ4n) is 3.49. The Labute approximate surface area is 183 Å². The smallest absolute Gasteiger partial charge is 0.416 e. The fourth-order valence-corrected chi connectivity index (χ4v) is 3.49. The van der Waals surface area contributed by atoms with Gasteiger partial charge in [-0.2, -0.15) is 13.2 Å². The Morgan fingerprint density at radius 2 is 1.16 bits per heavy atom. The van der Waals surface area contributed by atoms with Gasteiger partial charge in [-0.3, -0.25) is 0 Å². The summed E-state index contributed by atoms with van der Waals surface area (Å²) in [6, 6.07) is 29.2. The Kier molecular flexibility index (Phi) is 5.69. The van der Waals surface area contributed by atoms with E-state index in [1.165, 1.54) is 6.07 Å². The third-order valence-corrected chi connectivity index (χ3v) is 4.99. The van der Waals surface area contributed by atoms with Crippen LogP contribution in [0.1, 0.15) is 15.9 Å². The van der Waals surface area contributed by atoms with E-state index >= 15 is 0 Å². The van der Waals surface area contributed by atoms with Gasteiger partial charge in [0.15, 0.2) is 0 Å². The monoisotopic (exact) mass is 433 g/mol. The molecule has 0 radical (unpaired) electrons. The van der Waals surface area contributed by atoms with Crippen LogP contribution in [0.3, 0.4) is 0 Å². The number of hydrogen-bond acceptors (Lipinski definition) is 2. The van der Waals surface area contributed by atoms with Crippen molar-refractivity contribution in [3.63, 3.8) is 0 Å². The molecule has 3 nitrogen and oxygen atoms in total. The SMILES string of the molecule is O=C(O)c1cc(-c2ccc(N(c3ccccc3)c3ccccc3)cc2)cc(C(F)(F)F)c1. The predicted molar refractivity (Wildman–Crippen MR) is 119 cm³/mol. The fraction of sp³-hybridized carbons (Fsp3) is 0.0385. The first-order chi connectivity index (χ1) is 15.3. The molecular formula is C26H18F3NO2. The van der Waals surface area contributed by atoms with Gasteiger partial charge in [-0.25, -0.2) is 4.79 Å². The predicted octanol–water partition coefficient (Wildman–Crippen LogP) is 7.54. The number of anilines is 3. The minimum absolute atomic E-state index is 0.190. The minimum atomic E-state index is -4.64. The van der Waals surface area contributed by atoms with Crippen molar-refractivity contribution in [2.24, 2.45) is 0 Å². The quantitative estimate of drug-likeness (QED) is 0.353. The van der Waals surface area contributed by atoms with Gasteiger partial charge in [0.2, 0.25) is 0 Å². The van der Waals surface area contributed by atoms with Gasteiger partial charge in [-0.15, -0.1) is 0 Å². The second kappa shape index (κ2) is 8.59. The number of carboxylic acid groups (broad SMARTS) is 1. The van der Waals surface area contributed by atoms with Crippen LogP contribution in [-0.4, -0.2) is 11.1 Å². The lowest BCUT2D eigenvalue weighted by molar-refractivity contribution is -0.137. The van der Waals surface area contributed by atoms with E-state index in [0.717, 1.165) is 23.1 Å². The molecule has 0 spiro atoms. The van der Waals surface area contributed by atoms with Crippen molar-refractivity contribution in [2.75, 3.05) is 4.90 Å². The molecule has 4 aromatic carbocycles. The molecule has 0 fully saturated rings. The molecule has 4 aromatic rings. The zero-order valence-corrected chi connectivity index (χ0v) is 16.8. The van der Waals surface area contributed by atoms with Crippen LogP contribution in [0, 0.1) is 0 Å². The molecule has 1 N–H and O–H groups in total. The zero-order valence-electron chi connectivity index (χ0n) is 16.8. The average molecular weight is 433 g/mol. The van der Waals surface area contributed by atoms with Gasteiger partial charge < -0.3 is 10.0 Å². The summed E-state index contributed by atoms with van der Waals surface area (Å²) in [6.45, 7) is 0. The lowest BCUT2D eigenvalue weighted by atomic mass is 9.99. The van der Waals surface area contributed by atoms with Crippen LogP contribution in [0.5, 0.6) is 0 Å². The van der Waals surface area contributed by atoms with Gasteiger partial charge in [0.1, 0.15) is 0 Å². The number of aromatic carboxylic acids is 1. The number of nitrogens with zero attached hydrogens (tertiary/aromatic N) is 1. The molecule has 0 amide bonds. The van der Waals surface area contributed by atoms with Gasteiger partial charge >= 0.3 is 12.1 Å². The molecule has 4 rings (SSSR count). The van der Waals surface area contributed by atoms with Crippen LogP contribution in [0.15, 0.2) is 103 Å². The number of carboxylic acids is 1. The number of rotatable bonds is 5. The zero-order chi connectivity index (χ0) is 22.7. The largest absolute Gasteiger partial charge is 0.478 e. The minimum Gasteiger partial charge on any atom is -0.478 e. The molecule has 0 aromatic heterocycles. The van der Waals surface area contributed by atoms with Gasteiger partial charge in [0.05, 0.1) is 11.1 Å². The normalized spacial score (nSPS) is 11.2. The summed E-state index contributed by atoms with van der Waals surface area (Å²) in [4.78, 5) is 13.4. The highest BCUT2D eigenvalue weighted by molar-refractivity contribution is 5.90. The Bertz CT molecular complexity index is 1180. The molecule has 0 atom stereocenters. The third-order valence-electron chi connectivity index (χ3n) is 4.99. The van der Waals surface area contributed by atoms with Crippen molar-refractivity contribution in [1.29, 1.82) is 0 Å². The standard InChI is InChI=1S/C26H18F3NO2/c27-26(28,29)21-16-19(15-20(17-21)25(31)32)18-11-13-24(14-12-18)30(22-7-3-1-4-8-22)23-9-5-2-6-10-23/h1-17H,(H,31,32). The molecule has 0 saturated heterocycles. The highest BCUT2D eigenvalue weighted by Gasteiger charge is 2.32. The van der Waals surface area contributed by atoms with E-state index in [0.29, 0.717) is 11.6 Å². The average Bonchev–Trinajstić information content (AvgIpc) is 2.80. The van der Waals surface area contributed by atoms with Crippen LogP contribution in [0.25, 0.3) is 11.1 Å². The Morgan fingerprint density at radius 3 is 1.62 bits per heavy atom.